The van der Waals surface area contributed by atoms with Crippen LogP contribution in [0.2, 0.25) is 0 Å². The van der Waals surface area contributed by atoms with Gasteiger partial charge in [-0.25, -0.2) is 4.79 Å². The fourth-order valence-electron chi connectivity index (χ4n) is 2.65. The van der Waals surface area contributed by atoms with E-state index < -0.39 is 35.2 Å². The number of anilines is 1. The summed E-state index contributed by atoms with van der Waals surface area (Å²) in [6.07, 6.45) is -0.148. The third-order valence-corrected chi connectivity index (χ3v) is 5.00. The number of nitrogens with two attached hydrogens (primary N) is 1. The Morgan fingerprint density at radius 1 is 1.27 bits per heavy atom. The standard InChI is InChI=1S/C19H24N4O6S/c1-11(2)9-23-16(20)15(18(27)22(3)19(23)28)12(24)10-29-14(25)6-7-21-17(26)13-5-4-8-30-13/h4-5,8,11H,6-7,9-10,20H2,1-3H3,(H,21,26). The number of hydrogen-bond acceptors (Lipinski definition) is 8. The number of ether oxygens (including phenoxy) is 1. The first kappa shape index (κ1) is 23.1. The maximum absolute atomic E-state index is 12.5. The number of Topliss-reactive ketones (excluding diaryl/α,β-unsaturated/α-hetero) is 1. The molecule has 0 aromatic carbocycles. The van der Waals surface area contributed by atoms with Crippen molar-refractivity contribution >= 4 is 34.8 Å². The van der Waals surface area contributed by atoms with Crippen LogP contribution in [-0.4, -0.2) is 39.9 Å². The summed E-state index contributed by atoms with van der Waals surface area (Å²) >= 11 is 1.27. The van der Waals surface area contributed by atoms with E-state index in [0.717, 1.165) is 9.13 Å². The number of esters is 1. The van der Waals surface area contributed by atoms with Crippen LogP contribution in [0.4, 0.5) is 5.82 Å². The Bertz CT molecular complexity index is 1050. The molecule has 0 radical (unpaired) electrons. The van der Waals surface area contributed by atoms with Crippen LogP contribution in [-0.2, 0) is 23.1 Å². The number of ketones is 1. The van der Waals surface area contributed by atoms with Crippen molar-refractivity contribution in [3.05, 3.63) is 48.8 Å². The van der Waals surface area contributed by atoms with Crippen LogP contribution in [0, 0.1) is 5.92 Å². The second-order valence-electron chi connectivity index (χ2n) is 6.98. The molecule has 0 atom stereocenters. The number of amides is 1. The maximum atomic E-state index is 12.5. The van der Waals surface area contributed by atoms with Gasteiger partial charge in [-0.05, 0) is 17.4 Å². The topological polar surface area (TPSA) is 142 Å². The van der Waals surface area contributed by atoms with E-state index in [1.165, 1.54) is 18.4 Å². The molecule has 2 heterocycles. The van der Waals surface area contributed by atoms with Crippen LogP contribution < -0.4 is 22.3 Å². The minimum absolute atomic E-state index is 0.0347. The Kier molecular flexibility index (Phi) is 7.70. The van der Waals surface area contributed by atoms with Gasteiger partial charge in [-0.3, -0.25) is 28.3 Å². The van der Waals surface area contributed by atoms with Crippen LogP contribution in [0.15, 0.2) is 27.1 Å². The molecule has 0 saturated carbocycles. The first-order valence-electron chi connectivity index (χ1n) is 9.23. The van der Waals surface area contributed by atoms with Gasteiger partial charge < -0.3 is 15.8 Å². The number of nitrogens with zero attached hydrogens (tertiary/aromatic N) is 2. The van der Waals surface area contributed by atoms with E-state index in [4.69, 9.17) is 10.5 Å². The van der Waals surface area contributed by atoms with Crippen LogP contribution in [0.1, 0.15) is 40.3 Å². The summed E-state index contributed by atoms with van der Waals surface area (Å²) < 4.78 is 6.86. The highest BCUT2D eigenvalue weighted by Crippen LogP contribution is 2.09. The first-order valence-corrected chi connectivity index (χ1v) is 10.1. The van der Waals surface area contributed by atoms with Crippen molar-refractivity contribution in [1.29, 1.82) is 0 Å². The zero-order valence-electron chi connectivity index (χ0n) is 17.0. The Morgan fingerprint density at radius 2 is 1.97 bits per heavy atom. The molecule has 0 unspecified atom stereocenters. The minimum atomic E-state index is -0.846. The summed E-state index contributed by atoms with van der Waals surface area (Å²) in [5, 5.41) is 4.33. The molecule has 30 heavy (non-hydrogen) atoms. The van der Waals surface area contributed by atoms with Gasteiger partial charge in [-0.15, -0.1) is 11.3 Å². The van der Waals surface area contributed by atoms with Crippen LogP contribution in [0.3, 0.4) is 0 Å². The maximum Gasteiger partial charge on any atom is 0.332 e. The molecule has 0 fully saturated rings. The Morgan fingerprint density at radius 3 is 2.57 bits per heavy atom. The van der Waals surface area contributed by atoms with E-state index in [0.29, 0.717) is 4.88 Å². The van der Waals surface area contributed by atoms with Crippen molar-refractivity contribution in [2.24, 2.45) is 13.0 Å². The van der Waals surface area contributed by atoms with E-state index in [2.05, 4.69) is 5.32 Å². The number of nitrogens with one attached hydrogen (secondary N) is 1. The van der Waals surface area contributed by atoms with Gasteiger partial charge in [0, 0.05) is 20.1 Å². The van der Waals surface area contributed by atoms with Gasteiger partial charge in [0.25, 0.3) is 11.5 Å². The van der Waals surface area contributed by atoms with Crippen molar-refractivity contribution < 1.29 is 19.1 Å². The summed E-state index contributed by atoms with van der Waals surface area (Å²) in [5.41, 5.74) is 4.05. The number of nitrogen functional groups attached to an aromatic ring is 1. The molecule has 3 N–H and O–H groups in total. The first-order chi connectivity index (χ1) is 14.1. The molecule has 0 saturated heterocycles. The SMILES string of the molecule is CC(C)Cn1c(N)c(C(=O)COC(=O)CCNC(=O)c2cccs2)c(=O)n(C)c1=O. The number of hydrogen-bond donors (Lipinski definition) is 2. The van der Waals surface area contributed by atoms with Crippen molar-refractivity contribution in [2.45, 2.75) is 26.8 Å². The van der Waals surface area contributed by atoms with Crippen molar-refractivity contribution in [1.82, 2.24) is 14.5 Å². The van der Waals surface area contributed by atoms with Gasteiger partial charge in [0.1, 0.15) is 11.4 Å². The third kappa shape index (κ3) is 5.44. The lowest BCUT2D eigenvalue weighted by atomic mass is 10.1. The fourth-order valence-corrected chi connectivity index (χ4v) is 3.29. The normalized spacial score (nSPS) is 10.8. The summed E-state index contributed by atoms with van der Waals surface area (Å²) in [5.74, 6) is -2.03. The Labute approximate surface area is 176 Å². The lowest BCUT2D eigenvalue weighted by Gasteiger charge is -2.16. The monoisotopic (exact) mass is 436 g/mol. The Balaban J connectivity index is 1.99. The molecule has 0 bridgehead atoms. The molecule has 1 amide bonds. The number of carbonyl (C=O) groups excluding carboxylic acids is 3. The summed E-state index contributed by atoms with van der Waals surface area (Å²) in [6.45, 7) is 3.28. The predicted octanol–water partition coefficient (Wildman–Crippen LogP) is 0.393. The molecule has 0 aliphatic heterocycles. The Hall–Kier alpha value is -3.21. The number of aromatic nitrogens is 2. The van der Waals surface area contributed by atoms with Crippen LogP contribution >= 0.6 is 11.3 Å². The van der Waals surface area contributed by atoms with E-state index in [9.17, 15) is 24.0 Å². The molecule has 2 aromatic rings. The van der Waals surface area contributed by atoms with Gasteiger partial charge in [-0.1, -0.05) is 19.9 Å². The summed E-state index contributed by atoms with van der Waals surface area (Å²) in [4.78, 5) is 61.3. The molecule has 2 aromatic heterocycles. The van der Waals surface area contributed by atoms with Gasteiger partial charge in [-0.2, -0.15) is 0 Å². The number of carbonyl (C=O) groups is 3. The molecule has 10 nitrogen and oxygen atoms in total. The minimum Gasteiger partial charge on any atom is -0.457 e. The largest absolute Gasteiger partial charge is 0.457 e. The highest BCUT2D eigenvalue weighted by atomic mass is 32.1. The zero-order valence-corrected chi connectivity index (χ0v) is 17.8. The zero-order chi connectivity index (χ0) is 22.4. The predicted molar refractivity (Wildman–Crippen MR) is 112 cm³/mol. The molecule has 2 rings (SSSR count). The van der Waals surface area contributed by atoms with Crippen molar-refractivity contribution in [3.8, 4) is 0 Å². The quantitative estimate of drug-likeness (QED) is 0.428. The van der Waals surface area contributed by atoms with Crippen LogP contribution in [0.25, 0.3) is 0 Å². The highest BCUT2D eigenvalue weighted by Gasteiger charge is 2.23. The molecule has 0 aliphatic carbocycles. The average molecular weight is 436 g/mol. The summed E-state index contributed by atoms with van der Waals surface area (Å²) in [6, 6.07) is 3.39. The third-order valence-electron chi connectivity index (χ3n) is 4.13. The van der Waals surface area contributed by atoms with Crippen molar-refractivity contribution in [2.75, 3.05) is 18.9 Å². The van der Waals surface area contributed by atoms with Gasteiger partial charge in [0.05, 0.1) is 11.3 Å². The van der Waals surface area contributed by atoms with Crippen molar-refractivity contribution in [3.63, 3.8) is 0 Å². The van der Waals surface area contributed by atoms with E-state index in [-0.39, 0.29) is 37.2 Å². The van der Waals surface area contributed by atoms with Gasteiger partial charge in [0.2, 0.25) is 5.78 Å². The molecule has 0 aliphatic rings. The number of rotatable bonds is 9. The lowest BCUT2D eigenvalue weighted by molar-refractivity contribution is -0.142. The molecule has 0 spiro atoms. The molecular formula is C19H24N4O6S. The molecule has 162 valence electrons. The smallest absolute Gasteiger partial charge is 0.332 e. The molecule has 11 heteroatoms. The second kappa shape index (κ2) is 10.0. The fraction of sp³-hybridized carbons (Fsp3) is 0.421. The number of thiophene rings is 1. The van der Waals surface area contributed by atoms with E-state index >= 15 is 0 Å². The van der Waals surface area contributed by atoms with Gasteiger partial charge in [0.15, 0.2) is 6.61 Å². The highest BCUT2D eigenvalue weighted by molar-refractivity contribution is 7.12. The second-order valence-corrected chi connectivity index (χ2v) is 7.93. The van der Waals surface area contributed by atoms with Gasteiger partial charge >= 0.3 is 11.7 Å². The van der Waals surface area contributed by atoms with E-state index in [1.54, 1.807) is 17.5 Å². The molecular weight excluding hydrogens is 412 g/mol. The lowest BCUT2D eigenvalue weighted by Crippen LogP contribution is -2.43. The summed E-state index contributed by atoms with van der Waals surface area (Å²) in [7, 11) is 1.25. The van der Waals surface area contributed by atoms with E-state index in [1.807, 2.05) is 13.8 Å². The average Bonchev–Trinajstić information content (AvgIpc) is 3.23. The van der Waals surface area contributed by atoms with Crippen LogP contribution in [0.5, 0.6) is 0 Å².